The standard InChI is InChI=1S/C30H59O8P/c1-26(2)20-16-12-8-5-6-10-14-18-22-29(31)36-24-28(25-37-39(33,34)35)38-30(32)23-19-15-11-7-9-13-17-21-27(3)4/h26-28H,5-25H2,1-4H3,(H2,33,34,35)/t28-/m1/s1. The van der Waals surface area contributed by atoms with Crippen molar-refractivity contribution in [2.45, 2.75) is 156 Å². The van der Waals surface area contributed by atoms with Crippen LogP contribution in [-0.2, 0) is 28.2 Å². The minimum absolute atomic E-state index is 0.214. The molecule has 0 heterocycles. The first-order valence-electron chi connectivity index (χ1n) is 15.5. The van der Waals surface area contributed by atoms with Crippen molar-refractivity contribution >= 4 is 19.8 Å². The van der Waals surface area contributed by atoms with Crippen LogP contribution in [0.1, 0.15) is 150 Å². The van der Waals surface area contributed by atoms with E-state index in [1.807, 2.05) is 0 Å². The van der Waals surface area contributed by atoms with Crippen LogP contribution < -0.4 is 0 Å². The molecule has 0 aromatic heterocycles. The van der Waals surface area contributed by atoms with E-state index in [-0.39, 0.29) is 19.4 Å². The first-order chi connectivity index (χ1) is 18.5. The highest BCUT2D eigenvalue weighted by Gasteiger charge is 2.22. The highest BCUT2D eigenvalue weighted by molar-refractivity contribution is 7.46. The fraction of sp³-hybridized carbons (Fsp3) is 0.933. The lowest BCUT2D eigenvalue weighted by Gasteiger charge is -2.18. The minimum atomic E-state index is -4.73. The van der Waals surface area contributed by atoms with Crippen molar-refractivity contribution in [3.8, 4) is 0 Å². The van der Waals surface area contributed by atoms with E-state index in [0.29, 0.717) is 6.42 Å². The molecule has 0 rings (SSSR count). The van der Waals surface area contributed by atoms with Gasteiger partial charge in [0.1, 0.15) is 6.61 Å². The van der Waals surface area contributed by atoms with Gasteiger partial charge in [-0.2, -0.15) is 0 Å². The fourth-order valence-electron chi connectivity index (χ4n) is 4.39. The lowest BCUT2D eigenvalue weighted by molar-refractivity contribution is -0.161. The van der Waals surface area contributed by atoms with Crippen molar-refractivity contribution in [3.63, 3.8) is 0 Å². The van der Waals surface area contributed by atoms with E-state index in [1.54, 1.807) is 0 Å². The van der Waals surface area contributed by atoms with E-state index in [4.69, 9.17) is 19.3 Å². The molecule has 0 bridgehead atoms. The van der Waals surface area contributed by atoms with Crippen LogP contribution in [0.2, 0.25) is 0 Å². The molecule has 9 heteroatoms. The lowest BCUT2D eigenvalue weighted by Crippen LogP contribution is -2.29. The first kappa shape index (κ1) is 38.0. The van der Waals surface area contributed by atoms with Gasteiger partial charge in [-0.1, -0.05) is 124 Å². The number of rotatable bonds is 27. The third-order valence-corrected chi connectivity index (χ3v) is 7.22. The van der Waals surface area contributed by atoms with Crippen molar-refractivity contribution in [1.29, 1.82) is 0 Å². The number of carbonyl (C=O) groups excluding carboxylic acids is 2. The zero-order valence-electron chi connectivity index (χ0n) is 25.4. The summed E-state index contributed by atoms with van der Waals surface area (Å²) in [6.45, 7) is 8.19. The molecule has 1 atom stereocenters. The summed E-state index contributed by atoms with van der Waals surface area (Å²) < 4.78 is 26.1. The monoisotopic (exact) mass is 578 g/mol. The highest BCUT2D eigenvalue weighted by Crippen LogP contribution is 2.35. The third-order valence-electron chi connectivity index (χ3n) is 6.73. The third kappa shape index (κ3) is 29.8. The van der Waals surface area contributed by atoms with E-state index >= 15 is 0 Å². The van der Waals surface area contributed by atoms with Crippen LogP contribution in [0.4, 0.5) is 0 Å². The van der Waals surface area contributed by atoms with Gasteiger partial charge in [0, 0.05) is 12.8 Å². The Balaban J connectivity index is 4.05. The number of carbonyl (C=O) groups is 2. The molecule has 8 nitrogen and oxygen atoms in total. The summed E-state index contributed by atoms with van der Waals surface area (Å²) in [5.41, 5.74) is 0. The predicted octanol–water partition coefficient (Wildman–Crippen LogP) is 8.27. The molecule has 0 aromatic rings. The van der Waals surface area contributed by atoms with Gasteiger partial charge >= 0.3 is 19.8 Å². The second-order valence-corrected chi connectivity index (χ2v) is 13.0. The zero-order valence-corrected chi connectivity index (χ0v) is 26.3. The highest BCUT2D eigenvalue weighted by atomic mass is 31.2. The maximum atomic E-state index is 12.2. The average molecular weight is 579 g/mol. The Bertz CT molecular complexity index is 647. The molecule has 0 unspecified atom stereocenters. The number of hydrogen-bond donors (Lipinski definition) is 2. The number of esters is 2. The molecule has 0 spiro atoms. The molecule has 0 aromatic carbocycles. The Morgan fingerprint density at radius 3 is 1.38 bits per heavy atom. The molecule has 0 aliphatic carbocycles. The number of phosphoric ester groups is 1. The van der Waals surface area contributed by atoms with Crippen LogP contribution in [0, 0.1) is 11.8 Å². The molecule has 0 saturated carbocycles. The Kier molecular flexibility index (Phi) is 24.2. The maximum absolute atomic E-state index is 12.2. The van der Waals surface area contributed by atoms with E-state index in [2.05, 4.69) is 32.2 Å². The molecule has 0 aliphatic heterocycles. The van der Waals surface area contributed by atoms with Crippen LogP contribution in [0.5, 0.6) is 0 Å². The van der Waals surface area contributed by atoms with Gasteiger partial charge in [-0.3, -0.25) is 14.1 Å². The second kappa shape index (κ2) is 24.8. The molecule has 0 saturated heterocycles. The SMILES string of the molecule is CC(C)CCCCCCCCCCC(=O)OC[C@H](COP(=O)(O)O)OC(=O)CCCCCCCCCC(C)C. The van der Waals surface area contributed by atoms with Crippen LogP contribution in [0.25, 0.3) is 0 Å². The number of phosphoric acid groups is 1. The molecule has 0 radical (unpaired) electrons. The van der Waals surface area contributed by atoms with E-state index < -0.39 is 32.5 Å². The van der Waals surface area contributed by atoms with E-state index in [9.17, 15) is 14.2 Å². The van der Waals surface area contributed by atoms with Crippen LogP contribution in [-0.4, -0.2) is 41.0 Å². The van der Waals surface area contributed by atoms with E-state index in [1.165, 1.54) is 64.2 Å². The maximum Gasteiger partial charge on any atom is 0.469 e. The molecule has 39 heavy (non-hydrogen) atoms. The summed E-state index contributed by atoms with van der Waals surface area (Å²) in [6, 6.07) is 0. The van der Waals surface area contributed by atoms with E-state index in [0.717, 1.165) is 50.4 Å². The Labute approximate surface area is 238 Å². The van der Waals surface area contributed by atoms with Crippen molar-refractivity contribution in [2.24, 2.45) is 11.8 Å². The molecular weight excluding hydrogens is 519 g/mol. The zero-order chi connectivity index (χ0) is 29.4. The van der Waals surface area contributed by atoms with Gasteiger partial charge in [0.05, 0.1) is 6.61 Å². The second-order valence-electron chi connectivity index (χ2n) is 11.7. The number of hydrogen-bond acceptors (Lipinski definition) is 6. The predicted molar refractivity (Wildman–Crippen MR) is 156 cm³/mol. The largest absolute Gasteiger partial charge is 0.469 e. The van der Waals surface area contributed by atoms with Crippen LogP contribution >= 0.6 is 7.82 Å². The first-order valence-corrected chi connectivity index (χ1v) is 17.1. The van der Waals surface area contributed by atoms with Gasteiger partial charge in [-0.05, 0) is 24.7 Å². The van der Waals surface area contributed by atoms with Gasteiger partial charge < -0.3 is 19.3 Å². The van der Waals surface area contributed by atoms with Crippen LogP contribution in [0.3, 0.4) is 0 Å². The van der Waals surface area contributed by atoms with Gasteiger partial charge in [0.25, 0.3) is 0 Å². The molecule has 0 aliphatic rings. The summed E-state index contributed by atoms with van der Waals surface area (Å²) in [4.78, 5) is 42.3. The van der Waals surface area contributed by atoms with Crippen LogP contribution in [0.15, 0.2) is 0 Å². The molecule has 2 N–H and O–H groups in total. The Morgan fingerprint density at radius 1 is 0.590 bits per heavy atom. The number of unbranched alkanes of at least 4 members (excludes halogenated alkanes) is 13. The minimum Gasteiger partial charge on any atom is -0.462 e. The van der Waals surface area contributed by atoms with Crippen molar-refractivity contribution < 1.29 is 37.9 Å². The quantitative estimate of drug-likeness (QED) is 0.0568. The summed E-state index contributed by atoms with van der Waals surface area (Å²) in [7, 11) is -4.73. The summed E-state index contributed by atoms with van der Waals surface area (Å²) in [5, 5.41) is 0. The van der Waals surface area contributed by atoms with Gasteiger partial charge in [-0.15, -0.1) is 0 Å². The molecule has 0 fully saturated rings. The molecular formula is C30H59O8P. The summed E-state index contributed by atoms with van der Waals surface area (Å²) >= 11 is 0. The van der Waals surface area contributed by atoms with Gasteiger partial charge in [-0.25, -0.2) is 4.57 Å². The van der Waals surface area contributed by atoms with Gasteiger partial charge in [0.2, 0.25) is 0 Å². The van der Waals surface area contributed by atoms with Crippen molar-refractivity contribution in [1.82, 2.24) is 0 Å². The average Bonchev–Trinajstić information content (AvgIpc) is 2.84. The topological polar surface area (TPSA) is 119 Å². The normalized spacial score (nSPS) is 12.7. The summed E-state index contributed by atoms with van der Waals surface area (Å²) in [5.74, 6) is 0.643. The fourth-order valence-corrected chi connectivity index (χ4v) is 4.75. The summed E-state index contributed by atoms with van der Waals surface area (Å²) in [6.07, 6.45) is 18.6. The Hall–Kier alpha value is -0.950. The van der Waals surface area contributed by atoms with Crippen molar-refractivity contribution in [3.05, 3.63) is 0 Å². The number of ether oxygens (including phenoxy) is 2. The van der Waals surface area contributed by atoms with Crippen molar-refractivity contribution in [2.75, 3.05) is 13.2 Å². The molecule has 0 amide bonds. The smallest absolute Gasteiger partial charge is 0.462 e. The lowest BCUT2D eigenvalue weighted by atomic mass is 10.0. The Morgan fingerprint density at radius 2 is 0.974 bits per heavy atom. The van der Waals surface area contributed by atoms with Gasteiger partial charge in [0.15, 0.2) is 6.10 Å². The molecule has 232 valence electrons.